The lowest BCUT2D eigenvalue weighted by Crippen LogP contribution is -1.91. The molecule has 3 rings (SSSR count). The summed E-state index contributed by atoms with van der Waals surface area (Å²) >= 11 is 9.04. The largest absolute Gasteiger partial charge is 0.478 e. The average molecular weight is 336 g/mol. The van der Waals surface area contributed by atoms with Crippen LogP contribution in [-0.4, -0.2) is 16.1 Å². The van der Waals surface area contributed by atoms with Gasteiger partial charge in [0.2, 0.25) is 0 Å². The summed E-state index contributed by atoms with van der Waals surface area (Å²) in [5.74, 6) is -0.918. The summed E-state index contributed by atoms with van der Waals surface area (Å²) in [7, 11) is 0. The predicted molar refractivity (Wildman–Crippen MR) is 87.6 cm³/mol. The van der Waals surface area contributed by atoms with Gasteiger partial charge >= 0.3 is 5.97 Å². The van der Waals surface area contributed by atoms with E-state index in [0.29, 0.717) is 10.6 Å². The van der Waals surface area contributed by atoms with Gasteiger partial charge in [0, 0.05) is 21.3 Å². The molecule has 106 valence electrons. The number of aromatic nitrogens is 1. The number of benzene rings is 1. The van der Waals surface area contributed by atoms with Crippen LogP contribution in [0.15, 0.2) is 35.0 Å². The molecule has 2 heterocycles. The summed E-state index contributed by atoms with van der Waals surface area (Å²) in [5.41, 5.74) is 3.09. The monoisotopic (exact) mass is 335 g/mol. The Balaban J connectivity index is 1.95. The number of carboxylic acids is 1. The molecule has 21 heavy (non-hydrogen) atoms. The molecule has 0 fully saturated rings. The van der Waals surface area contributed by atoms with Crippen LogP contribution >= 0.6 is 34.3 Å². The molecular formula is C15H10ClNO2S2. The third-order valence-corrected chi connectivity index (χ3v) is 5.27. The van der Waals surface area contributed by atoms with Crippen molar-refractivity contribution in [2.45, 2.75) is 6.92 Å². The Labute approximate surface area is 134 Å². The zero-order chi connectivity index (χ0) is 15.0. The second-order valence-corrected chi connectivity index (χ2v) is 6.68. The van der Waals surface area contributed by atoms with Gasteiger partial charge < -0.3 is 5.11 Å². The van der Waals surface area contributed by atoms with Gasteiger partial charge in [-0.15, -0.1) is 22.7 Å². The molecule has 3 aromatic rings. The van der Waals surface area contributed by atoms with E-state index in [1.54, 1.807) is 11.4 Å². The lowest BCUT2D eigenvalue weighted by molar-refractivity contribution is 0.0697. The first kappa shape index (κ1) is 14.3. The number of carbonyl (C=O) groups is 1. The number of hydrogen-bond acceptors (Lipinski definition) is 4. The summed E-state index contributed by atoms with van der Waals surface area (Å²) in [6, 6.07) is 7.50. The Hall–Kier alpha value is -1.69. The van der Waals surface area contributed by atoms with Gasteiger partial charge in [0.15, 0.2) is 0 Å². The van der Waals surface area contributed by atoms with Gasteiger partial charge in [-0.2, -0.15) is 0 Å². The molecule has 0 saturated carbocycles. The van der Waals surface area contributed by atoms with Crippen LogP contribution in [-0.2, 0) is 0 Å². The smallest absolute Gasteiger partial charge is 0.336 e. The molecule has 1 aromatic carbocycles. The number of thiazole rings is 1. The van der Waals surface area contributed by atoms with Crippen LogP contribution in [0.25, 0.3) is 21.1 Å². The van der Waals surface area contributed by atoms with Gasteiger partial charge in [-0.3, -0.25) is 0 Å². The average Bonchev–Trinajstić information content (AvgIpc) is 3.09. The molecular weight excluding hydrogens is 326 g/mol. The zero-order valence-electron chi connectivity index (χ0n) is 11.0. The fourth-order valence-corrected chi connectivity index (χ4v) is 3.74. The minimum atomic E-state index is -0.918. The van der Waals surface area contributed by atoms with E-state index in [1.165, 1.54) is 22.7 Å². The van der Waals surface area contributed by atoms with Crippen LogP contribution in [0.2, 0.25) is 5.02 Å². The molecule has 0 aliphatic rings. The third kappa shape index (κ3) is 2.85. The van der Waals surface area contributed by atoms with Gasteiger partial charge in [-0.05, 0) is 24.6 Å². The Bertz CT molecular complexity index is 823. The maximum absolute atomic E-state index is 10.9. The summed E-state index contributed by atoms with van der Waals surface area (Å²) in [5, 5.41) is 14.1. The van der Waals surface area contributed by atoms with E-state index in [9.17, 15) is 4.79 Å². The standard InChI is InChI=1S/C15H10ClNO2S2/c1-8-2-3-9(4-11(8)16)14-17-12(7-21-14)13-5-10(6-20-13)15(18)19/h2-7H,1H3,(H,18,19). The number of hydrogen-bond donors (Lipinski definition) is 1. The normalized spacial score (nSPS) is 10.8. The molecule has 0 radical (unpaired) electrons. The van der Waals surface area contributed by atoms with Crippen molar-refractivity contribution in [3.63, 3.8) is 0 Å². The first-order chi connectivity index (χ1) is 10.0. The van der Waals surface area contributed by atoms with Gasteiger partial charge in [0.05, 0.1) is 16.1 Å². The SMILES string of the molecule is Cc1ccc(-c2nc(-c3cc(C(=O)O)cs3)cs2)cc1Cl. The highest BCUT2D eigenvalue weighted by molar-refractivity contribution is 7.15. The molecule has 2 aromatic heterocycles. The van der Waals surface area contributed by atoms with Crippen molar-refractivity contribution in [3.05, 3.63) is 51.2 Å². The number of halogens is 1. The molecule has 0 atom stereocenters. The molecule has 0 bridgehead atoms. The van der Waals surface area contributed by atoms with Gasteiger partial charge in [0.1, 0.15) is 5.01 Å². The third-order valence-electron chi connectivity index (χ3n) is 3.02. The van der Waals surface area contributed by atoms with Crippen molar-refractivity contribution >= 4 is 40.2 Å². The number of thiophene rings is 1. The summed E-state index contributed by atoms with van der Waals surface area (Å²) in [6.45, 7) is 1.96. The molecule has 0 unspecified atom stereocenters. The molecule has 0 spiro atoms. The second kappa shape index (κ2) is 5.60. The van der Waals surface area contributed by atoms with Crippen LogP contribution in [0, 0.1) is 6.92 Å². The van der Waals surface area contributed by atoms with E-state index in [0.717, 1.165) is 26.7 Å². The fourth-order valence-electron chi connectivity index (χ4n) is 1.83. The molecule has 6 heteroatoms. The highest BCUT2D eigenvalue weighted by atomic mass is 35.5. The maximum atomic E-state index is 10.9. The van der Waals surface area contributed by atoms with E-state index in [2.05, 4.69) is 4.98 Å². The van der Waals surface area contributed by atoms with Crippen LogP contribution in [0.5, 0.6) is 0 Å². The van der Waals surface area contributed by atoms with Gasteiger partial charge in [-0.25, -0.2) is 9.78 Å². The van der Waals surface area contributed by atoms with Gasteiger partial charge in [0.25, 0.3) is 0 Å². The van der Waals surface area contributed by atoms with Crippen molar-refractivity contribution < 1.29 is 9.90 Å². The Morgan fingerprint density at radius 1 is 1.24 bits per heavy atom. The van der Waals surface area contributed by atoms with E-state index in [4.69, 9.17) is 16.7 Å². The molecule has 1 N–H and O–H groups in total. The quantitative estimate of drug-likeness (QED) is 0.715. The van der Waals surface area contributed by atoms with Crippen molar-refractivity contribution in [1.29, 1.82) is 0 Å². The van der Waals surface area contributed by atoms with Crippen molar-refractivity contribution in [1.82, 2.24) is 4.98 Å². The van der Waals surface area contributed by atoms with Crippen molar-refractivity contribution in [2.24, 2.45) is 0 Å². The predicted octanol–water partition coefficient (Wildman–Crippen LogP) is 5.20. The number of carboxylic acid groups (broad SMARTS) is 1. The summed E-state index contributed by atoms with van der Waals surface area (Å²) in [4.78, 5) is 16.3. The summed E-state index contributed by atoms with van der Waals surface area (Å²) < 4.78 is 0. The first-order valence-corrected chi connectivity index (χ1v) is 8.22. The summed E-state index contributed by atoms with van der Waals surface area (Å²) in [6.07, 6.45) is 0. The maximum Gasteiger partial charge on any atom is 0.336 e. The first-order valence-electron chi connectivity index (χ1n) is 6.09. The number of aryl methyl sites for hydroxylation is 1. The highest BCUT2D eigenvalue weighted by Gasteiger charge is 2.12. The zero-order valence-corrected chi connectivity index (χ0v) is 13.4. The van der Waals surface area contributed by atoms with Crippen molar-refractivity contribution in [2.75, 3.05) is 0 Å². The molecule has 0 aliphatic carbocycles. The molecule has 3 nitrogen and oxygen atoms in total. The van der Waals surface area contributed by atoms with Crippen LogP contribution < -0.4 is 0 Å². The van der Waals surface area contributed by atoms with Crippen LogP contribution in [0.3, 0.4) is 0 Å². The minimum absolute atomic E-state index is 0.294. The highest BCUT2D eigenvalue weighted by Crippen LogP contribution is 2.33. The van der Waals surface area contributed by atoms with E-state index in [-0.39, 0.29) is 0 Å². The Morgan fingerprint density at radius 2 is 2.05 bits per heavy atom. The molecule has 0 aliphatic heterocycles. The van der Waals surface area contributed by atoms with E-state index < -0.39 is 5.97 Å². The van der Waals surface area contributed by atoms with Crippen LogP contribution in [0.4, 0.5) is 0 Å². The number of nitrogens with zero attached hydrogens (tertiary/aromatic N) is 1. The molecule has 0 amide bonds. The fraction of sp³-hybridized carbons (Fsp3) is 0.0667. The van der Waals surface area contributed by atoms with Crippen molar-refractivity contribution in [3.8, 4) is 21.1 Å². The Kier molecular flexibility index (Phi) is 3.80. The van der Waals surface area contributed by atoms with E-state index in [1.807, 2.05) is 30.5 Å². The second-order valence-electron chi connectivity index (χ2n) is 4.51. The van der Waals surface area contributed by atoms with Gasteiger partial charge in [-0.1, -0.05) is 23.7 Å². The van der Waals surface area contributed by atoms with Crippen LogP contribution in [0.1, 0.15) is 15.9 Å². The Morgan fingerprint density at radius 3 is 2.71 bits per heavy atom. The lowest BCUT2D eigenvalue weighted by Gasteiger charge is -2.00. The van der Waals surface area contributed by atoms with E-state index >= 15 is 0 Å². The number of rotatable bonds is 3. The minimum Gasteiger partial charge on any atom is -0.478 e. The molecule has 0 saturated heterocycles. The topological polar surface area (TPSA) is 50.2 Å². The lowest BCUT2D eigenvalue weighted by atomic mass is 10.1. The number of aromatic carboxylic acids is 1.